The molecule has 0 aromatic rings. The van der Waals surface area contributed by atoms with Crippen molar-refractivity contribution in [2.45, 2.75) is 44.6 Å². The quantitative estimate of drug-likeness (QED) is 0.542. The second kappa shape index (κ2) is 3.75. The molecule has 106 valence electrons. The predicted molar refractivity (Wildman–Crippen MR) is 73.4 cm³/mol. The highest BCUT2D eigenvalue weighted by atomic mass is 16.2. The zero-order chi connectivity index (χ0) is 13.4. The summed E-state index contributed by atoms with van der Waals surface area (Å²) in [5.41, 5.74) is 0. The van der Waals surface area contributed by atoms with Crippen LogP contribution in [-0.2, 0) is 9.59 Å². The van der Waals surface area contributed by atoms with E-state index in [9.17, 15) is 9.59 Å². The second-order valence-electron chi connectivity index (χ2n) is 7.49. The number of carbonyl (C=O) groups excluding carboxylic acids is 2. The first-order valence-electron chi connectivity index (χ1n) is 8.32. The SMILES string of the molecule is O=C1[C@H]2[C@@H]3C=C[C@@H]([C@H]4C[C@H]34)[C@@H]2C(=O)N1C1CCCCC1. The topological polar surface area (TPSA) is 37.4 Å². The van der Waals surface area contributed by atoms with Gasteiger partial charge in [-0.15, -0.1) is 0 Å². The van der Waals surface area contributed by atoms with Crippen LogP contribution in [0.2, 0.25) is 0 Å². The van der Waals surface area contributed by atoms with E-state index < -0.39 is 0 Å². The molecule has 2 bridgehead atoms. The molecule has 1 heterocycles. The molecule has 20 heavy (non-hydrogen) atoms. The molecular weight excluding hydrogens is 250 g/mol. The zero-order valence-electron chi connectivity index (χ0n) is 11.7. The lowest BCUT2D eigenvalue weighted by molar-refractivity contribution is -0.143. The summed E-state index contributed by atoms with van der Waals surface area (Å²) in [6.45, 7) is 0. The number of imide groups is 1. The van der Waals surface area contributed by atoms with Crippen molar-refractivity contribution >= 4 is 11.8 Å². The maximum atomic E-state index is 12.9. The number of rotatable bonds is 1. The lowest BCUT2D eigenvalue weighted by Crippen LogP contribution is -2.42. The Morgan fingerprint density at radius 2 is 1.40 bits per heavy atom. The van der Waals surface area contributed by atoms with Gasteiger partial charge in [-0.1, -0.05) is 31.4 Å². The second-order valence-corrected chi connectivity index (χ2v) is 7.49. The van der Waals surface area contributed by atoms with Crippen LogP contribution < -0.4 is 0 Å². The molecule has 0 unspecified atom stereocenters. The van der Waals surface area contributed by atoms with Crippen LogP contribution in [0.15, 0.2) is 12.2 Å². The highest BCUT2D eigenvalue weighted by molar-refractivity contribution is 6.06. The first-order valence-corrected chi connectivity index (χ1v) is 8.32. The van der Waals surface area contributed by atoms with Gasteiger partial charge in [0.1, 0.15) is 0 Å². The molecule has 5 aliphatic carbocycles. The van der Waals surface area contributed by atoms with Crippen LogP contribution >= 0.6 is 0 Å². The van der Waals surface area contributed by atoms with Crippen LogP contribution in [-0.4, -0.2) is 22.8 Å². The summed E-state index contributed by atoms with van der Waals surface area (Å²) in [6.07, 6.45) is 11.4. The minimum absolute atomic E-state index is 0.00294. The summed E-state index contributed by atoms with van der Waals surface area (Å²) in [5, 5.41) is 0. The molecule has 3 saturated carbocycles. The molecule has 1 aliphatic heterocycles. The van der Waals surface area contributed by atoms with E-state index in [4.69, 9.17) is 0 Å². The van der Waals surface area contributed by atoms with Gasteiger partial charge in [-0.3, -0.25) is 14.5 Å². The third kappa shape index (κ3) is 1.27. The monoisotopic (exact) mass is 271 g/mol. The number of nitrogens with zero attached hydrogens (tertiary/aromatic N) is 1. The Bertz CT molecular complexity index is 483. The largest absolute Gasteiger partial charge is 0.279 e. The van der Waals surface area contributed by atoms with Crippen LogP contribution in [0, 0.1) is 35.5 Å². The van der Waals surface area contributed by atoms with E-state index >= 15 is 0 Å². The van der Waals surface area contributed by atoms with E-state index in [1.54, 1.807) is 4.90 Å². The van der Waals surface area contributed by atoms with E-state index in [2.05, 4.69) is 12.2 Å². The average Bonchev–Trinajstić information content (AvgIpc) is 3.25. The Balaban J connectivity index is 1.50. The van der Waals surface area contributed by atoms with Crippen LogP contribution in [0.3, 0.4) is 0 Å². The molecule has 0 N–H and O–H groups in total. The molecule has 0 radical (unpaired) electrons. The molecular formula is C17H21NO2. The van der Waals surface area contributed by atoms with Crippen molar-refractivity contribution in [3.63, 3.8) is 0 Å². The third-order valence-electron chi connectivity index (χ3n) is 6.64. The van der Waals surface area contributed by atoms with Crippen LogP contribution in [0.1, 0.15) is 38.5 Å². The average molecular weight is 271 g/mol. The fraction of sp³-hybridized carbons (Fsp3) is 0.765. The molecule has 6 aliphatic rings. The van der Waals surface area contributed by atoms with Gasteiger partial charge in [-0.05, 0) is 42.9 Å². The van der Waals surface area contributed by atoms with Gasteiger partial charge in [-0.25, -0.2) is 0 Å². The summed E-state index contributed by atoms with van der Waals surface area (Å²) in [5.74, 6) is 2.54. The van der Waals surface area contributed by atoms with Gasteiger partial charge >= 0.3 is 0 Å². The van der Waals surface area contributed by atoms with Crippen LogP contribution in [0.5, 0.6) is 0 Å². The Kier molecular flexibility index (Phi) is 2.16. The van der Waals surface area contributed by atoms with Crippen LogP contribution in [0.25, 0.3) is 0 Å². The number of hydrogen-bond donors (Lipinski definition) is 0. The Morgan fingerprint density at radius 1 is 0.850 bits per heavy atom. The molecule has 6 rings (SSSR count). The van der Waals surface area contributed by atoms with Gasteiger partial charge in [0, 0.05) is 6.04 Å². The van der Waals surface area contributed by atoms with E-state index in [-0.39, 0.29) is 29.7 Å². The van der Waals surface area contributed by atoms with Gasteiger partial charge < -0.3 is 0 Å². The summed E-state index contributed by atoms with van der Waals surface area (Å²) < 4.78 is 0. The van der Waals surface area contributed by atoms with E-state index in [1.807, 2.05) is 0 Å². The minimum Gasteiger partial charge on any atom is -0.279 e. The number of likely N-dealkylation sites (tertiary alicyclic amines) is 1. The van der Waals surface area contributed by atoms with Gasteiger partial charge in [0.2, 0.25) is 11.8 Å². The maximum Gasteiger partial charge on any atom is 0.233 e. The van der Waals surface area contributed by atoms with Gasteiger partial charge in [0.05, 0.1) is 11.8 Å². The van der Waals surface area contributed by atoms with Crippen molar-refractivity contribution in [1.29, 1.82) is 0 Å². The van der Waals surface area contributed by atoms with Crippen molar-refractivity contribution in [2.75, 3.05) is 0 Å². The lowest BCUT2D eigenvalue weighted by atomic mass is 9.63. The molecule has 0 aromatic carbocycles. The van der Waals surface area contributed by atoms with Gasteiger partial charge in [0.25, 0.3) is 0 Å². The maximum absolute atomic E-state index is 12.9. The zero-order valence-corrected chi connectivity index (χ0v) is 11.7. The normalized spacial score (nSPS) is 49.5. The third-order valence-corrected chi connectivity index (χ3v) is 6.64. The summed E-state index contributed by atoms with van der Waals surface area (Å²) >= 11 is 0. The molecule has 2 amide bonds. The molecule has 3 heteroatoms. The Morgan fingerprint density at radius 3 is 1.95 bits per heavy atom. The highest BCUT2D eigenvalue weighted by Gasteiger charge is 2.67. The van der Waals surface area contributed by atoms with Crippen molar-refractivity contribution in [1.82, 2.24) is 4.90 Å². The highest BCUT2D eigenvalue weighted by Crippen LogP contribution is 2.65. The standard InChI is InChI=1S/C17H21NO2/c19-16-14-10-6-7-11(13-8-12(10)13)15(14)17(20)18(16)9-4-2-1-3-5-9/h6-7,9-15H,1-5,8H2/t10-,11+,12-,13-,14+,15+/m1/s1. The summed E-state index contributed by atoms with van der Waals surface area (Å²) in [4.78, 5) is 27.5. The molecule has 6 atom stereocenters. The van der Waals surface area contributed by atoms with Gasteiger partial charge in [-0.2, -0.15) is 0 Å². The van der Waals surface area contributed by atoms with E-state index in [1.165, 1.54) is 25.7 Å². The molecule has 1 saturated heterocycles. The molecule has 4 fully saturated rings. The number of amides is 2. The Hall–Kier alpha value is -1.12. The van der Waals surface area contributed by atoms with Crippen molar-refractivity contribution in [2.24, 2.45) is 35.5 Å². The first-order chi connectivity index (χ1) is 9.77. The number of carbonyl (C=O) groups is 2. The predicted octanol–water partition coefficient (Wildman–Crippen LogP) is 2.37. The fourth-order valence-corrected chi connectivity index (χ4v) is 5.68. The molecule has 3 nitrogen and oxygen atoms in total. The minimum atomic E-state index is 0.00294. The number of allylic oxidation sites excluding steroid dienone is 2. The number of hydrogen-bond acceptors (Lipinski definition) is 2. The van der Waals surface area contributed by atoms with Gasteiger partial charge in [0.15, 0.2) is 0 Å². The lowest BCUT2D eigenvalue weighted by Gasteiger charge is -2.37. The fourth-order valence-electron chi connectivity index (χ4n) is 5.68. The smallest absolute Gasteiger partial charge is 0.233 e. The Labute approximate surface area is 119 Å². The summed E-state index contributed by atoms with van der Waals surface area (Å²) in [7, 11) is 0. The van der Waals surface area contributed by atoms with E-state index in [0.29, 0.717) is 23.7 Å². The van der Waals surface area contributed by atoms with E-state index in [0.717, 1.165) is 12.8 Å². The molecule has 0 spiro atoms. The summed E-state index contributed by atoms with van der Waals surface area (Å²) in [6, 6.07) is 0.213. The van der Waals surface area contributed by atoms with Crippen molar-refractivity contribution in [3.05, 3.63) is 12.2 Å². The first kappa shape index (κ1) is 11.5. The molecule has 0 aromatic heterocycles. The van der Waals surface area contributed by atoms with Crippen molar-refractivity contribution < 1.29 is 9.59 Å². The van der Waals surface area contributed by atoms with Crippen LogP contribution in [0.4, 0.5) is 0 Å². The van der Waals surface area contributed by atoms with Crippen molar-refractivity contribution in [3.8, 4) is 0 Å².